The summed E-state index contributed by atoms with van der Waals surface area (Å²) >= 11 is 0. The molecule has 0 radical (unpaired) electrons. The number of rotatable bonds is 6. The molecular formula is C20H27FN4O2. The third-order valence-corrected chi connectivity index (χ3v) is 6.15. The van der Waals surface area contributed by atoms with Crippen LogP contribution >= 0.6 is 0 Å². The zero-order valence-electron chi connectivity index (χ0n) is 15.4. The molecule has 1 saturated carbocycles. The molecule has 1 aromatic carbocycles. The smallest absolute Gasteiger partial charge is 0.123 e. The van der Waals surface area contributed by atoms with Crippen molar-refractivity contribution < 1.29 is 14.2 Å². The summed E-state index contributed by atoms with van der Waals surface area (Å²) in [5.41, 5.74) is 7.22. The molecule has 1 aliphatic carbocycles. The maximum Gasteiger partial charge on any atom is 0.123 e. The molecule has 1 aromatic heterocycles. The van der Waals surface area contributed by atoms with E-state index in [1.165, 1.54) is 6.07 Å². The van der Waals surface area contributed by atoms with Crippen LogP contribution in [0.5, 0.6) is 0 Å². The number of likely N-dealkylation sites (tertiary alicyclic amines) is 1. The number of aliphatic hydroxyl groups is 1. The number of nitrogens with zero attached hydrogens (tertiary/aromatic N) is 3. The van der Waals surface area contributed by atoms with Gasteiger partial charge in [0.15, 0.2) is 0 Å². The maximum absolute atomic E-state index is 13.8. The van der Waals surface area contributed by atoms with Crippen LogP contribution in [-0.4, -0.2) is 58.2 Å². The van der Waals surface area contributed by atoms with Crippen LogP contribution in [0.2, 0.25) is 0 Å². The van der Waals surface area contributed by atoms with Crippen molar-refractivity contribution in [1.82, 2.24) is 14.7 Å². The lowest BCUT2D eigenvalue weighted by molar-refractivity contribution is -0.210. The second kappa shape index (κ2) is 7.67. The molecule has 1 aliphatic heterocycles. The van der Waals surface area contributed by atoms with Crippen LogP contribution in [0.25, 0.3) is 5.69 Å². The molecule has 1 spiro atoms. The average molecular weight is 374 g/mol. The largest absolute Gasteiger partial charge is 0.392 e. The van der Waals surface area contributed by atoms with E-state index in [1.807, 2.05) is 12.3 Å². The Morgan fingerprint density at radius 2 is 2.15 bits per heavy atom. The van der Waals surface area contributed by atoms with Crippen LogP contribution in [0.3, 0.4) is 0 Å². The summed E-state index contributed by atoms with van der Waals surface area (Å²) in [7, 11) is 0. The molecule has 7 heteroatoms. The lowest BCUT2D eigenvalue weighted by Gasteiger charge is -2.56. The predicted octanol–water partition coefficient (Wildman–Crippen LogP) is 1.70. The first kappa shape index (κ1) is 18.6. The zero-order chi connectivity index (χ0) is 18.9. The summed E-state index contributed by atoms with van der Waals surface area (Å²) in [5, 5.41) is 14.7. The van der Waals surface area contributed by atoms with Crippen molar-refractivity contribution in [3.63, 3.8) is 0 Å². The quantitative estimate of drug-likeness (QED) is 0.805. The second-order valence-corrected chi connectivity index (χ2v) is 7.63. The van der Waals surface area contributed by atoms with Crippen molar-refractivity contribution in [3.8, 4) is 5.69 Å². The van der Waals surface area contributed by atoms with Crippen LogP contribution in [0.4, 0.5) is 4.39 Å². The van der Waals surface area contributed by atoms with E-state index >= 15 is 0 Å². The van der Waals surface area contributed by atoms with E-state index in [-0.39, 0.29) is 23.4 Å². The van der Waals surface area contributed by atoms with E-state index in [9.17, 15) is 9.50 Å². The fraction of sp³-hybridized carbons (Fsp3) is 0.550. The highest BCUT2D eigenvalue weighted by Gasteiger charge is 2.56. The molecule has 6 nitrogen and oxygen atoms in total. The number of halogens is 1. The van der Waals surface area contributed by atoms with E-state index in [0.29, 0.717) is 26.1 Å². The Kier molecular flexibility index (Phi) is 5.27. The molecule has 2 aromatic rings. The van der Waals surface area contributed by atoms with Gasteiger partial charge in [-0.1, -0.05) is 0 Å². The highest BCUT2D eigenvalue weighted by atomic mass is 19.1. The van der Waals surface area contributed by atoms with Crippen molar-refractivity contribution in [2.24, 2.45) is 11.1 Å². The highest BCUT2D eigenvalue weighted by molar-refractivity contribution is 5.40. The topological polar surface area (TPSA) is 76.5 Å². The lowest BCUT2D eigenvalue weighted by Crippen LogP contribution is -2.62. The minimum absolute atomic E-state index is 0.104. The third kappa shape index (κ3) is 3.52. The van der Waals surface area contributed by atoms with Gasteiger partial charge in [0.25, 0.3) is 0 Å². The minimum atomic E-state index is -0.295. The summed E-state index contributed by atoms with van der Waals surface area (Å²) in [4.78, 5) is 2.32. The fourth-order valence-corrected chi connectivity index (χ4v) is 4.51. The Balaban J connectivity index is 1.44. The maximum atomic E-state index is 13.8. The predicted molar refractivity (Wildman–Crippen MR) is 99.9 cm³/mol. The van der Waals surface area contributed by atoms with Gasteiger partial charge in [-0.05, 0) is 55.8 Å². The second-order valence-electron chi connectivity index (χ2n) is 7.63. The molecule has 0 amide bonds. The van der Waals surface area contributed by atoms with Gasteiger partial charge in [-0.25, -0.2) is 9.07 Å². The molecular weight excluding hydrogens is 347 g/mol. The summed E-state index contributed by atoms with van der Waals surface area (Å²) in [6.07, 6.45) is 5.87. The van der Waals surface area contributed by atoms with Crippen molar-refractivity contribution in [2.45, 2.75) is 38.0 Å². The molecule has 2 atom stereocenters. The van der Waals surface area contributed by atoms with Gasteiger partial charge in [0.1, 0.15) is 5.82 Å². The first-order valence-corrected chi connectivity index (χ1v) is 9.63. The normalized spacial score (nSPS) is 24.9. The summed E-state index contributed by atoms with van der Waals surface area (Å²) in [6, 6.07) is 6.69. The lowest BCUT2D eigenvalue weighted by atomic mass is 9.58. The summed E-state index contributed by atoms with van der Waals surface area (Å²) < 4.78 is 21.5. The van der Waals surface area contributed by atoms with Crippen molar-refractivity contribution in [3.05, 3.63) is 48.0 Å². The molecule has 2 heterocycles. The van der Waals surface area contributed by atoms with Gasteiger partial charge in [0.05, 0.1) is 24.5 Å². The molecule has 3 N–H and O–H groups in total. The van der Waals surface area contributed by atoms with Crippen molar-refractivity contribution in [1.29, 1.82) is 0 Å². The summed E-state index contributed by atoms with van der Waals surface area (Å²) in [6.45, 7) is 3.42. The molecule has 2 unspecified atom stereocenters. The molecule has 0 bridgehead atoms. The van der Waals surface area contributed by atoms with Gasteiger partial charge in [-0.2, -0.15) is 5.10 Å². The van der Waals surface area contributed by atoms with Crippen LogP contribution in [0.1, 0.15) is 24.8 Å². The monoisotopic (exact) mass is 374 g/mol. The standard InChI is InChI=1S/C20H27FN4O2/c21-16-2-3-17(25-8-1-7-23-25)15(12-16)14-24-9-4-20(5-10-24)18(26)13-19(20)27-11-6-22/h1-3,7-8,12,18-19,26H,4-6,9-11,13-14,22H2. The molecule has 1 saturated heterocycles. The van der Waals surface area contributed by atoms with Crippen molar-refractivity contribution >= 4 is 0 Å². The van der Waals surface area contributed by atoms with E-state index in [2.05, 4.69) is 10.00 Å². The van der Waals surface area contributed by atoms with Gasteiger partial charge in [-0.3, -0.25) is 4.90 Å². The Hall–Kier alpha value is -1.80. The Bertz CT molecular complexity index is 759. The zero-order valence-corrected chi connectivity index (χ0v) is 15.4. The van der Waals surface area contributed by atoms with E-state index in [0.717, 1.165) is 37.2 Å². The van der Waals surface area contributed by atoms with Crippen LogP contribution < -0.4 is 5.73 Å². The molecule has 2 aliphatic rings. The molecule has 27 heavy (non-hydrogen) atoms. The average Bonchev–Trinajstić information content (AvgIpc) is 3.20. The molecule has 4 rings (SSSR count). The minimum Gasteiger partial charge on any atom is -0.392 e. The van der Waals surface area contributed by atoms with Gasteiger partial charge < -0.3 is 15.6 Å². The number of aromatic nitrogens is 2. The van der Waals surface area contributed by atoms with E-state index < -0.39 is 0 Å². The number of benzene rings is 1. The number of piperidine rings is 1. The van der Waals surface area contributed by atoms with Crippen LogP contribution in [0, 0.1) is 11.2 Å². The summed E-state index contributed by atoms with van der Waals surface area (Å²) in [5.74, 6) is -0.237. The number of ether oxygens (including phenoxy) is 1. The SMILES string of the molecule is NCCOC1CC(O)C12CCN(Cc1cc(F)ccc1-n1cccn1)CC2. The Morgan fingerprint density at radius 3 is 2.81 bits per heavy atom. The molecule has 2 fully saturated rings. The highest BCUT2D eigenvalue weighted by Crippen LogP contribution is 2.51. The fourth-order valence-electron chi connectivity index (χ4n) is 4.51. The molecule has 146 valence electrons. The van der Waals surface area contributed by atoms with Crippen molar-refractivity contribution in [2.75, 3.05) is 26.2 Å². The van der Waals surface area contributed by atoms with E-state index in [4.69, 9.17) is 10.5 Å². The van der Waals surface area contributed by atoms with E-state index in [1.54, 1.807) is 23.0 Å². The van der Waals surface area contributed by atoms with Gasteiger partial charge in [0, 0.05) is 37.3 Å². The van der Waals surface area contributed by atoms with Crippen LogP contribution in [0.15, 0.2) is 36.7 Å². The first-order chi connectivity index (χ1) is 13.1. The van der Waals surface area contributed by atoms with Gasteiger partial charge >= 0.3 is 0 Å². The van der Waals surface area contributed by atoms with Gasteiger partial charge in [-0.15, -0.1) is 0 Å². The Labute approximate surface area is 158 Å². The number of hydrogen-bond donors (Lipinski definition) is 2. The number of hydrogen-bond acceptors (Lipinski definition) is 5. The van der Waals surface area contributed by atoms with Crippen LogP contribution in [-0.2, 0) is 11.3 Å². The number of nitrogens with two attached hydrogens (primary N) is 1. The Morgan fingerprint density at radius 1 is 1.33 bits per heavy atom. The van der Waals surface area contributed by atoms with Gasteiger partial charge in [0.2, 0.25) is 0 Å². The number of aliphatic hydroxyl groups excluding tert-OH is 1. The third-order valence-electron chi connectivity index (χ3n) is 6.15. The first-order valence-electron chi connectivity index (χ1n) is 9.63.